The number of amides is 1. The molecule has 0 spiro atoms. The number of anilines is 1. The van der Waals surface area contributed by atoms with Crippen molar-refractivity contribution < 1.29 is 13.6 Å². The summed E-state index contributed by atoms with van der Waals surface area (Å²) in [5.74, 6) is 0.557. The van der Waals surface area contributed by atoms with Crippen LogP contribution < -0.4 is 5.32 Å². The van der Waals surface area contributed by atoms with E-state index in [0.717, 1.165) is 5.56 Å². The van der Waals surface area contributed by atoms with E-state index in [2.05, 4.69) is 5.32 Å². The summed E-state index contributed by atoms with van der Waals surface area (Å²) in [6, 6.07) is 5.95. The first kappa shape index (κ1) is 12.4. The summed E-state index contributed by atoms with van der Waals surface area (Å²) in [6.07, 6.45) is 0. The topological polar surface area (TPSA) is 42.2 Å². The van der Waals surface area contributed by atoms with Gasteiger partial charge in [-0.15, -0.1) is 0 Å². The number of hydrogen-bond donors (Lipinski definition) is 1. The van der Waals surface area contributed by atoms with Crippen molar-refractivity contribution in [2.24, 2.45) is 0 Å². The number of hydrogen-bond acceptors (Lipinski definition) is 2. The van der Waals surface area contributed by atoms with Gasteiger partial charge in [0, 0.05) is 5.69 Å². The lowest BCUT2D eigenvalue weighted by Gasteiger charge is -2.07. The number of carbonyl (C=O) groups excluding carboxylic acids is 1. The van der Waals surface area contributed by atoms with Crippen molar-refractivity contribution in [3.63, 3.8) is 0 Å². The Morgan fingerprint density at radius 1 is 1.22 bits per heavy atom. The molecule has 0 aliphatic rings. The Balaban J connectivity index is 2.26. The molecule has 3 nitrogen and oxygen atoms in total. The Hall–Kier alpha value is -2.10. The minimum absolute atomic E-state index is 0.293. The molecule has 1 amide bonds. The van der Waals surface area contributed by atoms with Crippen LogP contribution in [-0.2, 0) is 0 Å². The molecule has 0 aliphatic carbocycles. The van der Waals surface area contributed by atoms with Gasteiger partial charge in [0.25, 0.3) is 5.91 Å². The third kappa shape index (κ3) is 2.42. The zero-order chi connectivity index (χ0) is 13.3. The Kier molecular flexibility index (Phi) is 3.19. The fourth-order valence-corrected chi connectivity index (χ4v) is 1.77. The Morgan fingerprint density at radius 2 is 1.94 bits per heavy atom. The first-order valence-electron chi connectivity index (χ1n) is 5.62. The van der Waals surface area contributed by atoms with E-state index in [0.29, 0.717) is 22.8 Å². The van der Waals surface area contributed by atoms with Gasteiger partial charge in [-0.3, -0.25) is 4.79 Å². The molecule has 0 atom stereocenters. The lowest BCUT2D eigenvalue weighted by molar-refractivity contribution is 0.102. The summed E-state index contributed by atoms with van der Waals surface area (Å²) in [5, 5.41) is 2.68. The van der Waals surface area contributed by atoms with E-state index in [-0.39, 0.29) is 11.7 Å². The summed E-state index contributed by atoms with van der Waals surface area (Å²) in [6.45, 7) is 5.31. The summed E-state index contributed by atoms with van der Waals surface area (Å²) in [4.78, 5) is 12.0. The van der Waals surface area contributed by atoms with Gasteiger partial charge in [-0.25, -0.2) is 4.39 Å². The second-order valence-electron chi connectivity index (χ2n) is 4.24. The number of furan rings is 1. The maximum Gasteiger partial charge on any atom is 0.259 e. The number of aryl methyl sites for hydroxylation is 3. The molecule has 4 heteroatoms. The van der Waals surface area contributed by atoms with Crippen LogP contribution in [0.3, 0.4) is 0 Å². The second-order valence-corrected chi connectivity index (χ2v) is 4.24. The molecule has 1 aromatic heterocycles. The molecule has 0 unspecified atom stereocenters. The highest BCUT2D eigenvalue weighted by atomic mass is 19.1. The lowest BCUT2D eigenvalue weighted by atomic mass is 10.1. The van der Waals surface area contributed by atoms with Gasteiger partial charge in [-0.2, -0.15) is 0 Å². The molecule has 0 radical (unpaired) electrons. The Morgan fingerprint density at radius 3 is 2.56 bits per heavy atom. The predicted octanol–water partition coefficient (Wildman–Crippen LogP) is 3.60. The molecule has 0 aliphatic heterocycles. The summed E-state index contributed by atoms with van der Waals surface area (Å²) in [5.41, 5.74) is 1.75. The van der Waals surface area contributed by atoms with Gasteiger partial charge in [-0.05, 0) is 44.5 Å². The highest BCUT2D eigenvalue weighted by molar-refractivity contribution is 6.05. The Bertz CT molecular complexity index is 602. The highest BCUT2D eigenvalue weighted by Gasteiger charge is 2.14. The van der Waals surface area contributed by atoms with Crippen LogP contribution in [0.2, 0.25) is 0 Å². The van der Waals surface area contributed by atoms with Crippen molar-refractivity contribution in [3.8, 4) is 0 Å². The zero-order valence-corrected chi connectivity index (χ0v) is 10.5. The fourth-order valence-electron chi connectivity index (χ4n) is 1.77. The van der Waals surface area contributed by atoms with Crippen molar-refractivity contribution in [2.75, 3.05) is 5.32 Å². The number of rotatable bonds is 2. The first-order valence-corrected chi connectivity index (χ1v) is 5.62. The van der Waals surface area contributed by atoms with E-state index in [4.69, 9.17) is 4.42 Å². The molecule has 0 saturated carbocycles. The van der Waals surface area contributed by atoms with Gasteiger partial charge in [0.15, 0.2) is 0 Å². The van der Waals surface area contributed by atoms with Gasteiger partial charge in [0.1, 0.15) is 17.3 Å². The van der Waals surface area contributed by atoms with E-state index in [9.17, 15) is 9.18 Å². The van der Waals surface area contributed by atoms with Crippen molar-refractivity contribution in [2.45, 2.75) is 20.8 Å². The normalized spacial score (nSPS) is 10.4. The SMILES string of the molecule is Cc1cc(C(=O)Nc2cc(F)ccc2C)c(C)o1. The lowest BCUT2D eigenvalue weighted by Crippen LogP contribution is -2.13. The van der Waals surface area contributed by atoms with E-state index in [1.165, 1.54) is 12.1 Å². The first-order chi connectivity index (χ1) is 8.47. The molecule has 0 bridgehead atoms. The quantitative estimate of drug-likeness (QED) is 0.881. The monoisotopic (exact) mass is 247 g/mol. The number of benzene rings is 1. The van der Waals surface area contributed by atoms with Crippen molar-refractivity contribution >= 4 is 11.6 Å². The molecule has 1 aromatic carbocycles. The average molecular weight is 247 g/mol. The van der Waals surface area contributed by atoms with Gasteiger partial charge in [-0.1, -0.05) is 6.07 Å². The molecule has 0 fully saturated rings. The highest BCUT2D eigenvalue weighted by Crippen LogP contribution is 2.19. The third-order valence-electron chi connectivity index (χ3n) is 2.73. The summed E-state index contributed by atoms with van der Waals surface area (Å²) in [7, 11) is 0. The molecule has 2 aromatic rings. The predicted molar refractivity (Wildman–Crippen MR) is 67.3 cm³/mol. The smallest absolute Gasteiger partial charge is 0.259 e. The number of carbonyl (C=O) groups is 1. The van der Waals surface area contributed by atoms with E-state index >= 15 is 0 Å². The molecule has 18 heavy (non-hydrogen) atoms. The molecule has 0 saturated heterocycles. The van der Waals surface area contributed by atoms with Crippen LogP contribution in [0.5, 0.6) is 0 Å². The number of nitrogens with one attached hydrogen (secondary N) is 1. The minimum atomic E-state index is -0.379. The van der Waals surface area contributed by atoms with Gasteiger partial charge in [0.05, 0.1) is 5.56 Å². The standard InChI is InChI=1S/C14H14FNO2/c1-8-4-5-11(15)7-13(8)16-14(17)12-6-9(2)18-10(12)3/h4-7H,1-3H3,(H,16,17). The van der Waals surface area contributed by atoms with Crippen molar-refractivity contribution in [3.05, 3.63) is 52.7 Å². The number of halogens is 1. The van der Waals surface area contributed by atoms with Crippen LogP contribution in [0.25, 0.3) is 0 Å². The summed E-state index contributed by atoms with van der Waals surface area (Å²) < 4.78 is 18.4. The van der Waals surface area contributed by atoms with Crippen LogP contribution in [0.15, 0.2) is 28.7 Å². The van der Waals surface area contributed by atoms with Gasteiger partial charge >= 0.3 is 0 Å². The summed E-state index contributed by atoms with van der Waals surface area (Å²) >= 11 is 0. The van der Waals surface area contributed by atoms with Gasteiger partial charge in [0.2, 0.25) is 0 Å². The van der Waals surface area contributed by atoms with Crippen LogP contribution in [-0.4, -0.2) is 5.91 Å². The third-order valence-corrected chi connectivity index (χ3v) is 2.73. The molecule has 1 N–H and O–H groups in total. The molecular formula is C14H14FNO2. The maximum absolute atomic E-state index is 13.1. The zero-order valence-electron chi connectivity index (χ0n) is 10.5. The van der Waals surface area contributed by atoms with Crippen molar-refractivity contribution in [1.29, 1.82) is 0 Å². The fraction of sp³-hybridized carbons (Fsp3) is 0.214. The molecule has 2 rings (SSSR count). The average Bonchev–Trinajstić information content (AvgIpc) is 2.63. The maximum atomic E-state index is 13.1. The minimum Gasteiger partial charge on any atom is -0.466 e. The molecule has 94 valence electrons. The van der Waals surface area contributed by atoms with Crippen molar-refractivity contribution in [1.82, 2.24) is 0 Å². The van der Waals surface area contributed by atoms with Crippen LogP contribution in [0, 0.1) is 26.6 Å². The van der Waals surface area contributed by atoms with E-state index in [1.54, 1.807) is 26.0 Å². The molecular weight excluding hydrogens is 233 g/mol. The van der Waals surface area contributed by atoms with Crippen LogP contribution >= 0.6 is 0 Å². The Labute approximate surface area is 105 Å². The largest absolute Gasteiger partial charge is 0.466 e. The second kappa shape index (κ2) is 4.64. The van der Waals surface area contributed by atoms with Crippen LogP contribution in [0.4, 0.5) is 10.1 Å². The van der Waals surface area contributed by atoms with Gasteiger partial charge < -0.3 is 9.73 Å². The van der Waals surface area contributed by atoms with Crippen LogP contribution in [0.1, 0.15) is 27.4 Å². The van der Waals surface area contributed by atoms with E-state index < -0.39 is 0 Å². The van der Waals surface area contributed by atoms with E-state index in [1.807, 2.05) is 6.92 Å². The molecule has 1 heterocycles.